The minimum absolute atomic E-state index is 0.650. The molecule has 1 saturated heterocycles. The van der Waals surface area contributed by atoms with Crippen LogP contribution in [0.25, 0.3) is 11.0 Å². The summed E-state index contributed by atoms with van der Waals surface area (Å²) in [5.41, 5.74) is 1.93. The van der Waals surface area contributed by atoms with Gasteiger partial charge >= 0.3 is 0 Å². The van der Waals surface area contributed by atoms with Crippen LogP contribution in [-0.4, -0.2) is 51.0 Å². The zero-order valence-corrected chi connectivity index (χ0v) is 14.4. The summed E-state index contributed by atoms with van der Waals surface area (Å²) < 4.78 is 7.14. The highest BCUT2D eigenvalue weighted by atomic mass is 16.5. The highest BCUT2D eigenvalue weighted by molar-refractivity contribution is 5.86. The molecule has 4 heterocycles. The van der Waals surface area contributed by atoms with Crippen molar-refractivity contribution in [2.24, 2.45) is 7.05 Å². The molecule has 4 rings (SSSR count). The van der Waals surface area contributed by atoms with Crippen molar-refractivity contribution in [3.63, 3.8) is 0 Å². The lowest BCUT2D eigenvalue weighted by molar-refractivity contribution is 0.122. The summed E-state index contributed by atoms with van der Waals surface area (Å²) in [7, 11) is 1.88. The van der Waals surface area contributed by atoms with Crippen LogP contribution in [0.5, 0.6) is 0 Å². The zero-order valence-electron chi connectivity index (χ0n) is 14.4. The van der Waals surface area contributed by atoms with Crippen molar-refractivity contribution in [2.75, 3.05) is 36.5 Å². The number of fused-ring (bicyclic) bond motifs is 1. The quantitative estimate of drug-likeness (QED) is 0.772. The molecule has 1 aliphatic heterocycles. The van der Waals surface area contributed by atoms with E-state index in [-0.39, 0.29) is 0 Å². The molecule has 0 bridgehead atoms. The number of morpholine rings is 1. The van der Waals surface area contributed by atoms with Crippen LogP contribution in [0.1, 0.15) is 11.4 Å². The Morgan fingerprint density at radius 1 is 1.16 bits per heavy atom. The lowest BCUT2D eigenvalue weighted by Gasteiger charge is -2.27. The number of rotatable bonds is 4. The summed E-state index contributed by atoms with van der Waals surface area (Å²) in [4.78, 5) is 15.8. The minimum Gasteiger partial charge on any atom is -0.378 e. The SMILES string of the molecule is Cc1nc(NCc2ccc(N3CCOCC3)nc2)c2cnn(C)c2n1. The molecule has 3 aromatic heterocycles. The van der Waals surface area contributed by atoms with E-state index in [4.69, 9.17) is 4.74 Å². The van der Waals surface area contributed by atoms with Crippen molar-refractivity contribution >= 4 is 22.7 Å². The number of anilines is 2. The third-order valence-corrected chi connectivity index (χ3v) is 4.31. The topological polar surface area (TPSA) is 81.0 Å². The van der Waals surface area contributed by atoms with E-state index in [1.807, 2.05) is 20.2 Å². The maximum absolute atomic E-state index is 5.38. The monoisotopic (exact) mass is 339 g/mol. The summed E-state index contributed by atoms with van der Waals surface area (Å²) >= 11 is 0. The maximum Gasteiger partial charge on any atom is 0.163 e. The lowest BCUT2D eigenvalue weighted by Crippen LogP contribution is -2.36. The second kappa shape index (κ2) is 6.64. The molecular formula is C17H21N7O. The van der Waals surface area contributed by atoms with Gasteiger partial charge in [0.2, 0.25) is 0 Å². The molecule has 25 heavy (non-hydrogen) atoms. The summed E-state index contributed by atoms with van der Waals surface area (Å²) in [5.74, 6) is 2.52. The summed E-state index contributed by atoms with van der Waals surface area (Å²) in [6, 6.07) is 4.16. The van der Waals surface area contributed by atoms with Gasteiger partial charge in [-0.3, -0.25) is 4.68 Å². The molecule has 0 aromatic carbocycles. The fraction of sp³-hybridized carbons (Fsp3) is 0.412. The fourth-order valence-corrected chi connectivity index (χ4v) is 2.95. The third-order valence-electron chi connectivity index (χ3n) is 4.31. The zero-order chi connectivity index (χ0) is 17.2. The Labute approximate surface area is 145 Å². The molecule has 0 saturated carbocycles. The first-order valence-electron chi connectivity index (χ1n) is 8.38. The van der Waals surface area contributed by atoms with Crippen LogP contribution >= 0.6 is 0 Å². The predicted molar refractivity (Wildman–Crippen MR) is 95.6 cm³/mol. The maximum atomic E-state index is 5.38. The summed E-state index contributed by atoms with van der Waals surface area (Å²) in [6.07, 6.45) is 3.70. The number of aryl methyl sites for hydroxylation is 2. The van der Waals surface area contributed by atoms with Crippen LogP contribution in [0.3, 0.4) is 0 Å². The first-order valence-corrected chi connectivity index (χ1v) is 8.38. The van der Waals surface area contributed by atoms with E-state index in [1.165, 1.54) is 0 Å². The normalized spacial score (nSPS) is 14.9. The first-order chi connectivity index (χ1) is 12.2. The Hall–Kier alpha value is -2.74. The molecule has 130 valence electrons. The van der Waals surface area contributed by atoms with Gasteiger partial charge < -0.3 is 15.0 Å². The molecule has 0 atom stereocenters. The summed E-state index contributed by atoms with van der Waals surface area (Å²) in [5, 5.41) is 8.56. The number of hydrogen-bond donors (Lipinski definition) is 1. The second-order valence-corrected chi connectivity index (χ2v) is 6.10. The number of ether oxygens (including phenoxy) is 1. The van der Waals surface area contributed by atoms with Crippen LogP contribution < -0.4 is 10.2 Å². The Kier molecular flexibility index (Phi) is 4.19. The van der Waals surface area contributed by atoms with E-state index in [0.717, 1.165) is 60.4 Å². The highest BCUT2D eigenvalue weighted by Gasteiger charge is 2.12. The van der Waals surface area contributed by atoms with E-state index >= 15 is 0 Å². The van der Waals surface area contributed by atoms with Gasteiger partial charge in [-0.15, -0.1) is 0 Å². The molecule has 0 radical (unpaired) electrons. The third kappa shape index (κ3) is 3.25. The number of aromatic nitrogens is 5. The van der Waals surface area contributed by atoms with Crippen molar-refractivity contribution in [2.45, 2.75) is 13.5 Å². The first kappa shape index (κ1) is 15.8. The highest BCUT2D eigenvalue weighted by Crippen LogP contribution is 2.20. The van der Waals surface area contributed by atoms with Crippen LogP contribution in [-0.2, 0) is 18.3 Å². The van der Waals surface area contributed by atoms with Crippen molar-refractivity contribution in [3.8, 4) is 0 Å². The smallest absolute Gasteiger partial charge is 0.163 e. The lowest BCUT2D eigenvalue weighted by atomic mass is 10.2. The van der Waals surface area contributed by atoms with E-state index in [0.29, 0.717) is 6.54 Å². The van der Waals surface area contributed by atoms with Crippen molar-refractivity contribution in [1.29, 1.82) is 0 Å². The molecule has 0 unspecified atom stereocenters. The van der Waals surface area contributed by atoms with Gasteiger partial charge in [0, 0.05) is 32.9 Å². The minimum atomic E-state index is 0.650. The Balaban J connectivity index is 1.48. The van der Waals surface area contributed by atoms with Gasteiger partial charge in [0.25, 0.3) is 0 Å². The molecule has 1 fully saturated rings. The molecule has 0 aliphatic carbocycles. The second-order valence-electron chi connectivity index (χ2n) is 6.10. The van der Waals surface area contributed by atoms with Gasteiger partial charge in [0.05, 0.1) is 24.8 Å². The molecule has 1 aliphatic rings. The van der Waals surface area contributed by atoms with Crippen molar-refractivity contribution in [1.82, 2.24) is 24.7 Å². The number of hydrogen-bond acceptors (Lipinski definition) is 7. The van der Waals surface area contributed by atoms with Crippen LogP contribution in [0.2, 0.25) is 0 Å². The molecular weight excluding hydrogens is 318 g/mol. The van der Waals surface area contributed by atoms with Crippen molar-refractivity contribution < 1.29 is 4.74 Å². The average molecular weight is 339 g/mol. The molecule has 0 amide bonds. The van der Waals surface area contributed by atoms with Gasteiger partial charge in [-0.2, -0.15) is 5.10 Å². The Morgan fingerprint density at radius 2 is 2.00 bits per heavy atom. The fourth-order valence-electron chi connectivity index (χ4n) is 2.95. The standard InChI is InChI=1S/C17H21N7O/c1-12-21-16(14-11-20-23(2)17(14)22-12)19-10-13-3-4-15(18-9-13)24-5-7-25-8-6-24/h3-4,9,11H,5-8,10H2,1-2H3,(H,19,21,22). The Morgan fingerprint density at radius 3 is 2.76 bits per heavy atom. The van der Waals surface area contributed by atoms with E-state index < -0.39 is 0 Å². The predicted octanol–water partition coefficient (Wildman–Crippen LogP) is 1.52. The Bertz CT molecular complexity index is 869. The van der Waals surface area contributed by atoms with Crippen LogP contribution in [0, 0.1) is 6.92 Å². The molecule has 0 spiro atoms. The van der Waals surface area contributed by atoms with E-state index in [1.54, 1.807) is 10.9 Å². The summed E-state index contributed by atoms with van der Waals surface area (Å²) in [6.45, 7) is 5.85. The number of nitrogens with one attached hydrogen (secondary N) is 1. The van der Waals surface area contributed by atoms with Gasteiger partial charge in [-0.05, 0) is 18.6 Å². The van der Waals surface area contributed by atoms with Crippen LogP contribution in [0.15, 0.2) is 24.5 Å². The van der Waals surface area contributed by atoms with Crippen molar-refractivity contribution in [3.05, 3.63) is 35.9 Å². The largest absolute Gasteiger partial charge is 0.378 e. The van der Waals surface area contributed by atoms with E-state index in [2.05, 4.69) is 42.4 Å². The average Bonchev–Trinajstić information content (AvgIpc) is 3.02. The van der Waals surface area contributed by atoms with Gasteiger partial charge in [0.15, 0.2) is 5.65 Å². The van der Waals surface area contributed by atoms with Gasteiger partial charge in [0.1, 0.15) is 17.5 Å². The van der Waals surface area contributed by atoms with E-state index in [9.17, 15) is 0 Å². The van der Waals surface area contributed by atoms with Crippen LogP contribution in [0.4, 0.5) is 11.6 Å². The van der Waals surface area contributed by atoms with Gasteiger partial charge in [-0.1, -0.05) is 6.07 Å². The number of nitrogens with zero attached hydrogens (tertiary/aromatic N) is 6. The molecule has 1 N–H and O–H groups in total. The number of pyridine rings is 1. The molecule has 8 heteroatoms. The molecule has 8 nitrogen and oxygen atoms in total. The molecule has 3 aromatic rings. The van der Waals surface area contributed by atoms with Gasteiger partial charge in [-0.25, -0.2) is 15.0 Å².